The number of hydrogen-bond acceptors (Lipinski definition) is 5. The summed E-state index contributed by atoms with van der Waals surface area (Å²) in [4.78, 5) is 31.5. The lowest BCUT2D eigenvalue weighted by molar-refractivity contribution is -0.127. The normalized spacial score (nSPS) is 27.5. The molecule has 2 rings (SSSR count). The maximum atomic E-state index is 11.9. The smallest absolute Gasteiger partial charge is 0.325 e. The highest BCUT2D eigenvalue weighted by Gasteiger charge is 2.48. The van der Waals surface area contributed by atoms with E-state index in [4.69, 9.17) is 0 Å². The fraction of sp³-hybridized carbons (Fsp3) is 0.727. The molecule has 6 nitrogen and oxygen atoms in total. The van der Waals surface area contributed by atoms with Crippen molar-refractivity contribution in [1.29, 1.82) is 0 Å². The largest absolute Gasteiger partial charge is 0.336 e. The number of nitrogens with zero attached hydrogens (tertiary/aromatic N) is 3. The summed E-state index contributed by atoms with van der Waals surface area (Å²) in [7, 11) is 1.67. The van der Waals surface area contributed by atoms with Gasteiger partial charge in [-0.3, -0.25) is 10.1 Å². The van der Waals surface area contributed by atoms with Crippen molar-refractivity contribution in [1.82, 2.24) is 15.1 Å². The third-order valence-corrected chi connectivity index (χ3v) is 4.03. The molecule has 2 aliphatic heterocycles. The van der Waals surface area contributed by atoms with Gasteiger partial charge in [-0.25, -0.2) is 9.79 Å². The predicted molar refractivity (Wildman–Crippen MR) is 71.4 cm³/mol. The number of carbonyl (C=O) groups excluding carboxylic acids is 2. The first-order valence-corrected chi connectivity index (χ1v) is 6.92. The van der Waals surface area contributed by atoms with Crippen LogP contribution in [0, 0.1) is 0 Å². The summed E-state index contributed by atoms with van der Waals surface area (Å²) in [5.74, 6) is -0.256. The van der Waals surface area contributed by atoms with Gasteiger partial charge < -0.3 is 9.80 Å². The van der Waals surface area contributed by atoms with Gasteiger partial charge in [0.25, 0.3) is 5.91 Å². The minimum atomic E-state index is -0.396. The van der Waals surface area contributed by atoms with E-state index in [1.807, 2.05) is 11.8 Å². The zero-order valence-electron chi connectivity index (χ0n) is 11.0. The van der Waals surface area contributed by atoms with Crippen LogP contribution in [0.2, 0.25) is 0 Å². The number of fused-ring (bicyclic) bond motifs is 1. The highest BCUT2D eigenvalue weighted by atomic mass is 32.2. The van der Waals surface area contributed by atoms with Crippen LogP contribution >= 0.6 is 11.8 Å². The molecule has 0 aromatic heterocycles. The van der Waals surface area contributed by atoms with E-state index in [1.54, 1.807) is 18.8 Å². The minimum absolute atomic E-state index is 0.256. The van der Waals surface area contributed by atoms with Crippen LogP contribution in [-0.4, -0.2) is 58.0 Å². The van der Waals surface area contributed by atoms with Crippen molar-refractivity contribution in [2.45, 2.75) is 38.2 Å². The van der Waals surface area contributed by atoms with Crippen LogP contribution in [0.1, 0.15) is 20.8 Å². The molecule has 2 heterocycles. The predicted octanol–water partition coefficient (Wildman–Crippen LogP) is 0.696. The molecule has 1 N–H and O–H groups in total. The maximum Gasteiger partial charge on any atom is 0.325 e. The quantitative estimate of drug-likeness (QED) is 0.802. The standard InChI is InChI=1S/C11H18N4O2S/c1-5-15-7-8(12-11(15)18-6(2)3)14(4)10(17)13-9(7)16/h6-8H,5H2,1-4H3,(H,13,16,17). The van der Waals surface area contributed by atoms with Crippen LogP contribution < -0.4 is 5.32 Å². The molecule has 0 bridgehead atoms. The zero-order chi connectivity index (χ0) is 13.4. The highest BCUT2D eigenvalue weighted by molar-refractivity contribution is 8.14. The first kappa shape index (κ1) is 13.2. The second kappa shape index (κ2) is 4.79. The molecule has 0 saturated carbocycles. The molecule has 2 atom stereocenters. The number of amides is 3. The van der Waals surface area contributed by atoms with Crippen molar-refractivity contribution in [2.24, 2.45) is 4.99 Å². The van der Waals surface area contributed by atoms with Gasteiger partial charge in [-0.1, -0.05) is 25.6 Å². The highest BCUT2D eigenvalue weighted by Crippen LogP contribution is 2.29. The first-order valence-electron chi connectivity index (χ1n) is 6.04. The maximum absolute atomic E-state index is 11.9. The lowest BCUT2D eigenvalue weighted by Gasteiger charge is -2.35. The average Bonchev–Trinajstić information content (AvgIpc) is 2.64. The molecule has 7 heteroatoms. The molecule has 100 valence electrons. The van der Waals surface area contributed by atoms with E-state index in [0.29, 0.717) is 11.8 Å². The van der Waals surface area contributed by atoms with Crippen LogP contribution in [-0.2, 0) is 4.79 Å². The topological polar surface area (TPSA) is 65.0 Å². The number of urea groups is 1. The van der Waals surface area contributed by atoms with Crippen molar-refractivity contribution in [3.8, 4) is 0 Å². The molecular formula is C11H18N4O2S. The Labute approximate surface area is 111 Å². The molecule has 0 aromatic carbocycles. The summed E-state index contributed by atoms with van der Waals surface area (Å²) in [6.45, 7) is 6.85. The number of imide groups is 1. The van der Waals surface area contributed by atoms with Gasteiger partial charge in [-0.15, -0.1) is 0 Å². The summed E-state index contributed by atoms with van der Waals surface area (Å²) in [5, 5.41) is 3.60. The Morgan fingerprint density at radius 1 is 1.44 bits per heavy atom. The Morgan fingerprint density at radius 2 is 2.11 bits per heavy atom. The summed E-state index contributed by atoms with van der Waals surface area (Å²) in [6.07, 6.45) is -0.396. The van der Waals surface area contributed by atoms with E-state index in [9.17, 15) is 9.59 Å². The Morgan fingerprint density at radius 3 is 2.67 bits per heavy atom. The Hall–Kier alpha value is -1.24. The van der Waals surface area contributed by atoms with Gasteiger partial charge in [0, 0.05) is 18.8 Å². The number of thioether (sulfide) groups is 1. The SMILES string of the molecule is CCN1C(SC(C)C)=NC2C1C(=O)NC(=O)N2C. The molecule has 2 aliphatic rings. The zero-order valence-corrected chi connectivity index (χ0v) is 11.8. The average molecular weight is 270 g/mol. The van der Waals surface area contributed by atoms with Crippen molar-refractivity contribution in [3.05, 3.63) is 0 Å². The molecule has 0 spiro atoms. The summed E-state index contributed by atoms with van der Waals surface area (Å²) in [6, 6.07) is -0.768. The van der Waals surface area contributed by atoms with E-state index < -0.39 is 6.17 Å². The fourth-order valence-electron chi connectivity index (χ4n) is 2.14. The lowest BCUT2D eigenvalue weighted by Crippen LogP contribution is -2.63. The number of likely N-dealkylation sites (N-methyl/N-ethyl adjacent to an activating group) is 2. The number of rotatable bonds is 2. The molecule has 0 aromatic rings. The van der Waals surface area contributed by atoms with Crippen molar-refractivity contribution >= 4 is 28.9 Å². The Kier molecular flexibility index (Phi) is 3.52. The van der Waals surface area contributed by atoms with Crippen molar-refractivity contribution < 1.29 is 9.59 Å². The molecule has 2 unspecified atom stereocenters. The summed E-state index contributed by atoms with van der Waals surface area (Å²) < 4.78 is 0. The second-order valence-electron chi connectivity index (χ2n) is 4.63. The molecular weight excluding hydrogens is 252 g/mol. The number of hydrogen-bond donors (Lipinski definition) is 1. The number of amidine groups is 1. The third-order valence-electron chi connectivity index (χ3n) is 3.00. The van der Waals surface area contributed by atoms with E-state index in [-0.39, 0.29) is 18.0 Å². The Balaban J connectivity index is 2.29. The van der Waals surface area contributed by atoms with Crippen LogP contribution in [0.15, 0.2) is 4.99 Å². The Bertz CT molecular complexity index is 410. The van der Waals surface area contributed by atoms with Crippen molar-refractivity contribution in [3.63, 3.8) is 0 Å². The lowest BCUT2D eigenvalue weighted by atomic mass is 10.1. The molecule has 18 heavy (non-hydrogen) atoms. The van der Waals surface area contributed by atoms with E-state index in [0.717, 1.165) is 5.17 Å². The van der Waals surface area contributed by atoms with Gasteiger partial charge in [0.05, 0.1) is 0 Å². The fourth-order valence-corrected chi connectivity index (χ4v) is 3.11. The molecule has 1 fully saturated rings. The number of nitrogens with one attached hydrogen (secondary N) is 1. The molecule has 3 amide bonds. The van der Waals surface area contributed by atoms with Crippen molar-refractivity contribution in [2.75, 3.05) is 13.6 Å². The van der Waals surface area contributed by atoms with Crippen LogP contribution in [0.4, 0.5) is 4.79 Å². The van der Waals surface area contributed by atoms with Gasteiger partial charge in [0.2, 0.25) is 0 Å². The monoisotopic (exact) mass is 270 g/mol. The first-order chi connectivity index (χ1) is 8.45. The third kappa shape index (κ3) is 2.07. The summed E-state index contributed by atoms with van der Waals surface area (Å²) in [5.41, 5.74) is 0. The van der Waals surface area contributed by atoms with E-state index in [1.165, 1.54) is 4.90 Å². The van der Waals surface area contributed by atoms with Gasteiger partial charge in [-0.2, -0.15) is 0 Å². The second-order valence-corrected chi connectivity index (χ2v) is 6.17. The molecule has 1 saturated heterocycles. The van der Waals surface area contributed by atoms with Crippen LogP contribution in [0.25, 0.3) is 0 Å². The van der Waals surface area contributed by atoms with E-state index >= 15 is 0 Å². The van der Waals surface area contributed by atoms with E-state index in [2.05, 4.69) is 24.2 Å². The van der Waals surface area contributed by atoms with Crippen LogP contribution in [0.3, 0.4) is 0 Å². The van der Waals surface area contributed by atoms with Gasteiger partial charge in [0.15, 0.2) is 17.4 Å². The summed E-state index contributed by atoms with van der Waals surface area (Å²) >= 11 is 1.62. The number of aliphatic imine (C=N–C) groups is 1. The van der Waals surface area contributed by atoms with Gasteiger partial charge in [0.1, 0.15) is 0 Å². The van der Waals surface area contributed by atoms with Gasteiger partial charge >= 0.3 is 6.03 Å². The number of carbonyl (C=O) groups is 2. The molecule has 0 radical (unpaired) electrons. The minimum Gasteiger partial charge on any atom is -0.336 e. The van der Waals surface area contributed by atoms with Crippen LogP contribution in [0.5, 0.6) is 0 Å². The van der Waals surface area contributed by atoms with Gasteiger partial charge in [-0.05, 0) is 6.92 Å². The molecule has 0 aliphatic carbocycles.